The van der Waals surface area contributed by atoms with Crippen molar-refractivity contribution < 1.29 is 0 Å². The largest absolute Gasteiger partial charge is 0.399 e. The first-order valence-corrected chi connectivity index (χ1v) is 74.7. The summed E-state index contributed by atoms with van der Waals surface area (Å²) in [4.78, 5) is 0. The SMILES string of the molecule is Nc1ccc(-c2cccc3c(-n4c5ccccc5c5ccccc54)cccc23)cc1.S=S=S=S=S=S=S=S=S=S=S=S=S=S=S=S=S=S=S=S=S=S=S=S=S=S=S=S=S=S=S=S=S=S=S=S=S=S=S=S=S=S=S=S. The first-order chi connectivity index (χ1) is 36.7. The van der Waals surface area contributed by atoms with Gasteiger partial charge in [0.05, 0.1) is 16.7 Å². The van der Waals surface area contributed by atoms with Crippen molar-refractivity contribution in [3.63, 3.8) is 0 Å². The first-order valence-electron chi connectivity index (χ1n) is 17.3. The van der Waals surface area contributed by atoms with Crippen LogP contribution in [0.15, 0.2) is 109 Å². The van der Waals surface area contributed by atoms with Crippen molar-refractivity contribution in [3.8, 4) is 16.8 Å². The Bertz CT molecular complexity index is 4890. The highest BCUT2D eigenvalue weighted by molar-refractivity contribution is 8.81. The quantitative estimate of drug-likeness (QED) is 0.188. The van der Waals surface area contributed by atoms with Gasteiger partial charge in [-0.3, -0.25) is 0 Å². The maximum absolute atomic E-state index is 5.91. The number of para-hydroxylation sites is 2. The van der Waals surface area contributed by atoms with Crippen molar-refractivity contribution in [1.82, 2.24) is 4.57 Å². The molecule has 1 heterocycles. The number of rotatable bonds is 2. The van der Waals surface area contributed by atoms with Crippen molar-refractivity contribution in [1.29, 1.82) is 0 Å². The van der Waals surface area contributed by atoms with Crippen LogP contribution < -0.4 is 5.73 Å². The van der Waals surface area contributed by atoms with E-state index in [2.05, 4.69) is 102 Å². The molecule has 2 nitrogen and oxygen atoms in total. The lowest BCUT2D eigenvalue weighted by Crippen LogP contribution is -1.95. The number of hydrogen-bond donors (Lipinski definition) is 1. The maximum Gasteiger partial charge on any atom is 0.0541 e. The Labute approximate surface area is 556 Å². The average Bonchev–Trinajstić information content (AvgIpc) is 3.76. The molecule has 0 atom stereocenters. The molecule has 2 N–H and O–H groups in total. The molecular formula is C28H20N2S44. The lowest BCUT2D eigenvalue weighted by atomic mass is 9.97. The van der Waals surface area contributed by atoms with E-state index in [0.29, 0.717) is 0 Å². The molecule has 74 heavy (non-hydrogen) atoms. The fourth-order valence-corrected chi connectivity index (χ4v) is 115. The van der Waals surface area contributed by atoms with E-state index < -0.39 is 0 Å². The fraction of sp³-hybridized carbons (Fsp3) is 0. The second-order valence-electron chi connectivity index (χ2n) is 10.5. The first kappa shape index (κ1) is 70.4. The molecule has 0 radical (unpaired) electrons. The van der Waals surface area contributed by atoms with Crippen LogP contribution in [0.3, 0.4) is 0 Å². The second-order valence-corrected chi connectivity index (χ2v) is 84.8. The van der Waals surface area contributed by atoms with Gasteiger partial charge in [0.2, 0.25) is 0 Å². The highest BCUT2D eigenvalue weighted by Gasteiger charge is 2.14. The van der Waals surface area contributed by atoms with Gasteiger partial charge in [-0.25, -0.2) is 0 Å². The van der Waals surface area contributed by atoms with E-state index >= 15 is 0 Å². The molecule has 0 spiro atoms. The van der Waals surface area contributed by atoms with Crippen molar-refractivity contribution in [3.05, 3.63) is 109 Å². The summed E-state index contributed by atoms with van der Waals surface area (Å²) in [5.74, 6) is 0. The summed E-state index contributed by atoms with van der Waals surface area (Å²) in [5.41, 5.74) is 12.7. The summed E-state index contributed by atoms with van der Waals surface area (Å²) in [6.45, 7) is 0. The maximum atomic E-state index is 5.91. The normalized spacial score (nSPS) is 9.24. The van der Waals surface area contributed by atoms with Crippen LogP contribution in [-0.4, -0.2) is 4.57 Å². The third kappa shape index (κ3) is 30.3. The number of benzene rings is 5. The molecule has 0 aliphatic rings. The minimum absolute atomic E-state index is 0.782. The molecule has 6 aromatic rings. The summed E-state index contributed by atoms with van der Waals surface area (Å²) < 4.78 is 2.39. The van der Waals surface area contributed by atoms with E-state index in [9.17, 15) is 0 Å². The van der Waals surface area contributed by atoms with Gasteiger partial charge in [0.25, 0.3) is 0 Å². The number of anilines is 1. The highest BCUT2D eigenvalue weighted by Crippen LogP contribution is 2.37. The van der Waals surface area contributed by atoms with Gasteiger partial charge in [-0.05, 0) is 46.8 Å². The van der Waals surface area contributed by atoms with Crippen molar-refractivity contribution in [2.45, 2.75) is 0 Å². The molecule has 1 aromatic heterocycles. The van der Waals surface area contributed by atoms with E-state index in [4.69, 9.17) is 28.1 Å². The zero-order valence-corrected chi connectivity index (χ0v) is 70.3. The standard InChI is InChI=1S/C28H20N2.S44/c29-20-17-15-19(16-18-20)21-9-5-11-23-22(21)10-6-14-28(23)30-26-12-3-1-7-24(26)25-8-2-4-13-27(25)30;1-3-5-7-9-11-13-15-17-19-21-23-25-27-29-31-33-35-37-39-41-43-44-42-40-38-36-34-32-30-28-26-24-22-20-18-16-14-12-10-8-6-4-2/h1-18H,29H2;. The van der Waals surface area contributed by atoms with Crippen LogP contribution in [0.25, 0.3) is 49.4 Å². The zero-order valence-electron chi connectivity index (χ0n) is 34.4. The Morgan fingerprint density at radius 3 is 0.851 bits per heavy atom. The van der Waals surface area contributed by atoms with E-state index in [0.717, 1.165) is 5.69 Å². The molecule has 6 rings (SSSR count). The number of hydrogen-bond acceptors (Lipinski definition) is 3. The van der Waals surface area contributed by atoms with Crippen LogP contribution in [0.1, 0.15) is 0 Å². The van der Waals surface area contributed by atoms with Crippen molar-refractivity contribution in [2.75, 3.05) is 5.73 Å². The van der Waals surface area contributed by atoms with Crippen LogP contribution >= 0.6 is 0 Å². The number of nitrogens with two attached hydrogens (primary N) is 1. The number of nitrogen functional groups attached to an aromatic ring is 1. The molecule has 0 unspecified atom stereocenters. The van der Waals surface area contributed by atoms with Crippen LogP contribution in [0.5, 0.6) is 0 Å². The molecule has 0 fully saturated rings. The topological polar surface area (TPSA) is 30.9 Å². The Morgan fingerprint density at radius 1 is 0.257 bits per heavy atom. The van der Waals surface area contributed by atoms with Gasteiger partial charge in [-0.1, -0.05) is 78.9 Å². The third-order valence-corrected chi connectivity index (χ3v) is 98.2. The smallest absolute Gasteiger partial charge is 0.0541 e. The minimum atomic E-state index is 0.782. The van der Waals surface area contributed by atoms with Gasteiger partial charge in [0.15, 0.2) is 0 Å². The zero-order chi connectivity index (χ0) is 51.8. The molecule has 5 aromatic carbocycles. The van der Waals surface area contributed by atoms with E-state index in [1.54, 1.807) is 107 Å². The third-order valence-electron chi connectivity index (χ3n) is 7.08. The summed E-state index contributed by atoms with van der Waals surface area (Å²) >= 11 is 9.61. The number of fused-ring (bicyclic) bond motifs is 4. The molecule has 0 saturated carbocycles. The lowest BCUT2D eigenvalue weighted by molar-refractivity contribution is 1.20. The Balaban J connectivity index is 0.000000290. The second kappa shape index (κ2) is 48.7. The van der Waals surface area contributed by atoms with Gasteiger partial charge >= 0.3 is 0 Å². The predicted molar refractivity (Wildman–Crippen MR) is 452 cm³/mol. The molecule has 0 amide bonds. The Morgan fingerprint density at radius 2 is 0.527 bits per heavy atom. The van der Waals surface area contributed by atoms with E-state index in [-0.39, 0.29) is 0 Å². The summed E-state index contributed by atoms with van der Waals surface area (Å²) in [6, 6.07) is 38.5. The predicted octanol–water partition coefficient (Wildman–Crippen LogP) is 7.08. The molecule has 0 aliphatic carbocycles. The van der Waals surface area contributed by atoms with Gasteiger partial charge in [0.1, 0.15) is 0 Å². The van der Waals surface area contributed by atoms with Gasteiger partial charge in [0, 0.05) is 417 Å². The van der Waals surface area contributed by atoms with E-state index in [1.165, 1.54) is 67.2 Å². The van der Waals surface area contributed by atoms with Crippen LogP contribution in [-0.2, 0) is 395 Å². The number of nitrogens with zero attached hydrogens (tertiary/aromatic N) is 1. The summed E-state index contributed by atoms with van der Waals surface area (Å²) in [7, 11) is 74.7. The van der Waals surface area contributed by atoms with Crippen LogP contribution in [0, 0.1) is 0 Å². The van der Waals surface area contributed by atoms with Gasteiger partial charge in [-0.15, -0.1) is 0 Å². The Hall–Kier alpha value is 5.64. The monoisotopic (exact) mass is 1790 g/mol. The van der Waals surface area contributed by atoms with Crippen LogP contribution in [0.4, 0.5) is 5.69 Å². The van der Waals surface area contributed by atoms with Crippen molar-refractivity contribution in [2.24, 2.45) is 0 Å². The molecular weight excluding hydrogens is 1780 g/mol. The molecule has 0 saturated heterocycles. The Kier molecular flexibility index (Phi) is 46.4. The van der Waals surface area contributed by atoms with E-state index in [1.807, 2.05) is 261 Å². The average molecular weight is 1800 g/mol. The molecule has 0 bridgehead atoms. The molecule has 0 aliphatic heterocycles. The fourth-order valence-electron chi connectivity index (χ4n) is 5.04. The molecule has 46 heteroatoms. The minimum Gasteiger partial charge on any atom is -0.399 e. The van der Waals surface area contributed by atoms with Gasteiger partial charge in [-0.2, -0.15) is 0 Å². The van der Waals surface area contributed by atoms with Crippen LogP contribution in [0.2, 0.25) is 0 Å². The summed E-state index contributed by atoms with van der Waals surface area (Å²) in [5, 5.41) is 5.03. The highest BCUT2D eigenvalue weighted by atomic mass is 33.5. The summed E-state index contributed by atoms with van der Waals surface area (Å²) in [6.07, 6.45) is 0. The van der Waals surface area contributed by atoms with Crippen molar-refractivity contribution >= 4 is 434 Å². The molecule has 406 valence electrons. The van der Waals surface area contributed by atoms with Gasteiger partial charge < -0.3 is 10.3 Å². The number of aromatic nitrogens is 1. The lowest BCUT2D eigenvalue weighted by Gasteiger charge is -2.14.